The van der Waals surface area contributed by atoms with Crippen LogP contribution in [-0.2, 0) is 6.42 Å². The van der Waals surface area contributed by atoms with Crippen molar-refractivity contribution in [3.63, 3.8) is 0 Å². The van der Waals surface area contributed by atoms with Crippen LogP contribution >= 0.6 is 0 Å². The Hall–Kier alpha value is -1.71. The van der Waals surface area contributed by atoms with Gasteiger partial charge in [0.15, 0.2) is 0 Å². The molecule has 0 aliphatic carbocycles. The normalized spacial score (nSPS) is 11.8. The summed E-state index contributed by atoms with van der Waals surface area (Å²) in [7, 11) is 3.48. The highest BCUT2D eigenvalue weighted by atomic mass is 16.5. The topological polar surface area (TPSA) is 41.6 Å². The number of nitrogens with one attached hydrogen (secondary N) is 1. The van der Waals surface area contributed by atoms with Crippen molar-refractivity contribution in [3.05, 3.63) is 29.8 Å². The number of ether oxygens (including phenoxy) is 1. The van der Waals surface area contributed by atoms with Crippen LogP contribution in [0.2, 0.25) is 0 Å². The lowest BCUT2D eigenvalue weighted by Gasteiger charge is -2.20. The molecule has 19 heavy (non-hydrogen) atoms. The lowest BCUT2D eigenvalue weighted by molar-refractivity contribution is 0.205. The number of carbonyl (C=O) groups is 1. The van der Waals surface area contributed by atoms with Crippen molar-refractivity contribution < 1.29 is 9.53 Å². The lowest BCUT2D eigenvalue weighted by Crippen LogP contribution is -2.42. The summed E-state index contributed by atoms with van der Waals surface area (Å²) in [5.74, 6) is 0.853. The number of methoxy groups -OCH3 is 1. The maximum atomic E-state index is 11.8. The van der Waals surface area contributed by atoms with Crippen LogP contribution in [0.15, 0.2) is 24.3 Å². The average Bonchev–Trinajstić information content (AvgIpc) is 2.44. The minimum Gasteiger partial charge on any atom is -0.497 e. The molecule has 1 N–H and O–H groups in total. The lowest BCUT2D eigenvalue weighted by atomic mass is 10.1. The van der Waals surface area contributed by atoms with Gasteiger partial charge in [-0.05, 0) is 37.5 Å². The van der Waals surface area contributed by atoms with Crippen molar-refractivity contribution in [2.45, 2.75) is 32.7 Å². The number of nitrogens with zero attached hydrogens (tertiary/aromatic N) is 1. The number of hydrogen-bond donors (Lipinski definition) is 1. The van der Waals surface area contributed by atoms with Gasteiger partial charge in [-0.3, -0.25) is 0 Å². The van der Waals surface area contributed by atoms with E-state index < -0.39 is 0 Å². The zero-order valence-electron chi connectivity index (χ0n) is 12.3. The van der Waals surface area contributed by atoms with Crippen molar-refractivity contribution in [1.29, 1.82) is 0 Å². The number of benzene rings is 1. The smallest absolute Gasteiger partial charge is 0.317 e. The van der Waals surface area contributed by atoms with E-state index in [1.807, 2.05) is 38.2 Å². The fourth-order valence-corrected chi connectivity index (χ4v) is 1.61. The Morgan fingerprint density at radius 2 is 2.00 bits per heavy atom. The van der Waals surface area contributed by atoms with E-state index in [4.69, 9.17) is 4.74 Å². The highest BCUT2D eigenvalue weighted by Gasteiger charge is 2.10. The molecule has 1 rings (SSSR count). The Morgan fingerprint density at radius 3 is 2.53 bits per heavy atom. The predicted octanol–water partition coefficient (Wildman–Crippen LogP) is 2.68. The molecule has 1 aromatic rings. The van der Waals surface area contributed by atoms with Crippen molar-refractivity contribution in [1.82, 2.24) is 10.2 Å². The molecule has 0 spiro atoms. The monoisotopic (exact) mass is 264 g/mol. The highest BCUT2D eigenvalue weighted by Crippen LogP contribution is 2.11. The molecule has 1 aromatic carbocycles. The Kier molecular flexibility index (Phi) is 6.19. The Bertz CT molecular complexity index is 390. The summed E-state index contributed by atoms with van der Waals surface area (Å²) in [4.78, 5) is 13.5. The third-order valence-electron chi connectivity index (χ3n) is 3.22. The van der Waals surface area contributed by atoms with Crippen molar-refractivity contribution in [3.8, 4) is 5.75 Å². The summed E-state index contributed by atoms with van der Waals surface area (Å²) < 4.78 is 5.11. The largest absolute Gasteiger partial charge is 0.497 e. The molecule has 0 radical (unpaired) electrons. The molecule has 0 bridgehead atoms. The van der Waals surface area contributed by atoms with Crippen LogP contribution in [0.3, 0.4) is 0 Å². The first kappa shape index (κ1) is 15.3. The fourth-order valence-electron chi connectivity index (χ4n) is 1.61. The van der Waals surface area contributed by atoms with Gasteiger partial charge in [-0.2, -0.15) is 0 Å². The number of likely N-dealkylation sites (N-methyl/N-ethyl adjacent to an activating group) is 1. The van der Waals surface area contributed by atoms with Crippen molar-refractivity contribution >= 4 is 6.03 Å². The van der Waals surface area contributed by atoms with Crippen LogP contribution in [0, 0.1) is 0 Å². The van der Waals surface area contributed by atoms with E-state index in [1.165, 1.54) is 5.56 Å². The van der Waals surface area contributed by atoms with Crippen LogP contribution in [-0.4, -0.2) is 37.7 Å². The first-order chi connectivity index (χ1) is 9.06. The van der Waals surface area contributed by atoms with E-state index in [1.54, 1.807) is 12.0 Å². The Morgan fingerprint density at radius 1 is 1.37 bits per heavy atom. The molecule has 4 nitrogen and oxygen atoms in total. The molecule has 1 atom stereocenters. The van der Waals surface area contributed by atoms with Crippen molar-refractivity contribution in [2.75, 3.05) is 20.7 Å². The zero-order chi connectivity index (χ0) is 14.3. The second-order valence-corrected chi connectivity index (χ2v) is 4.78. The number of carbonyl (C=O) groups excluding carboxylic acids is 1. The van der Waals surface area contributed by atoms with Crippen LogP contribution in [0.25, 0.3) is 0 Å². The van der Waals surface area contributed by atoms with E-state index in [0.29, 0.717) is 6.54 Å². The summed E-state index contributed by atoms with van der Waals surface area (Å²) in [6.45, 7) is 4.77. The van der Waals surface area contributed by atoms with Gasteiger partial charge in [-0.1, -0.05) is 19.1 Å². The average molecular weight is 264 g/mol. The van der Waals surface area contributed by atoms with E-state index in [0.717, 1.165) is 18.6 Å². The minimum atomic E-state index is -0.0112. The van der Waals surface area contributed by atoms with E-state index in [-0.39, 0.29) is 12.1 Å². The van der Waals surface area contributed by atoms with Gasteiger partial charge < -0.3 is 15.0 Å². The molecule has 106 valence electrons. The van der Waals surface area contributed by atoms with Gasteiger partial charge in [-0.25, -0.2) is 4.79 Å². The molecular formula is C15H24N2O2. The quantitative estimate of drug-likeness (QED) is 0.858. The summed E-state index contributed by atoms with van der Waals surface area (Å²) in [6, 6.07) is 8.14. The zero-order valence-corrected chi connectivity index (χ0v) is 12.3. The SMILES string of the molecule is CCC(C)NC(=O)N(C)CCc1ccc(OC)cc1. The molecular weight excluding hydrogens is 240 g/mol. The standard InChI is InChI=1S/C15H24N2O2/c1-5-12(2)16-15(18)17(3)11-10-13-6-8-14(19-4)9-7-13/h6-9,12H,5,10-11H2,1-4H3,(H,16,18). The third kappa shape index (κ3) is 5.20. The maximum absolute atomic E-state index is 11.8. The first-order valence-electron chi connectivity index (χ1n) is 6.71. The second kappa shape index (κ2) is 7.67. The number of amides is 2. The van der Waals surface area contributed by atoms with Gasteiger partial charge in [0.1, 0.15) is 5.75 Å². The highest BCUT2D eigenvalue weighted by molar-refractivity contribution is 5.74. The summed E-state index contributed by atoms with van der Waals surface area (Å²) in [5, 5.41) is 2.95. The van der Waals surface area contributed by atoms with Gasteiger partial charge in [0.2, 0.25) is 0 Å². The number of hydrogen-bond acceptors (Lipinski definition) is 2. The van der Waals surface area contributed by atoms with Crippen LogP contribution in [0.1, 0.15) is 25.8 Å². The molecule has 1 unspecified atom stereocenters. The van der Waals surface area contributed by atoms with Crippen LogP contribution in [0.4, 0.5) is 4.79 Å². The molecule has 0 aromatic heterocycles. The van der Waals surface area contributed by atoms with Crippen LogP contribution < -0.4 is 10.1 Å². The van der Waals surface area contributed by atoms with E-state index in [2.05, 4.69) is 12.2 Å². The molecule has 0 saturated carbocycles. The van der Waals surface area contributed by atoms with Crippen LogP contribution in [0.5, 0.6) is 5.75 Å². The molecule has 0 aliphatic heterocycles. The van der Waals surface area contributed by atoms with Crippen molar-refractivity contribution in [2.24, 2.45) is 0 Å². The summed E-state index contributed by atoms with van der Waals surface area (Å²) in [5.41, 5.74) is 1.20. The van der Waals surface area contributed by atoms with Gasteiger partial charge in [0, 0.05) is 19.6 Å². The Balaban J connectivity index is 2.40. The first-order valence-corrected chi connectivity index (χ1v) is 6.71. The van der Waals surface area contributed by atoms with E-state index in [9.17, 15) is 4.79 Å². The Labute approximate surface area is 115 Å². The molecule has 2 amide bonds. The van der Waals surface area contributed by atoms with Gasteiger partial charge in [-0.15, -0.1) is 0 Å². The van der Waals surface area contributed by atoms with Gasteiger partial charge in [0.05, 0.1) is 7.11 Å². The summed E-state index contributed by atoms with van der Waals surface area (Å²) >= 11 is 0. The number of urea groups is 1. The van der Waals surface area contributed by atoms with Gasteiger partial charge in [0.25, 0.3) is 0 Å². The maximum Gasteiger partial charge on any atom is 0.317 e. The molecule has 0 saturated heterocycles. The molecule has 0 heterocycles. The molecule has 0 fully saturated rings. The van der Waals surface area contributed by atoms with E-state index >= 15 is 0 Å². The fraction of sp³-hybridized carbons (Fsp3) is 0.533. The summed E-state index contributed by atoms with van der Waals surface area (Å²) in [6.07, 6.45) is 1.78. The minimum absolute atomic E-state index is 0.0112. The van der Waals surface area contributed by atoms with Gasteiger partial charge >= 0.3 is 6.03 Å². The molecule has 4 heteroatoms. The second-order valence-electron chi connectivity index (χ2n) is 4.78. The number of rotatable bonds is 6. The third-order valence-corrected chi connectivity index (χ3v) is 3.22. The predicted molar refractivity (Wildman–Crippen MR) is 77.6 cm³/mol. The molecule has 0 aliphatic rings.